The molecule has 1 N–H and O–H groups in total. The predicted octanol–water partition coefficient (Wildman–Crippen LogP) is 1.67. The molecular weight excluding hydrogens is 370 g/mol. The summed E-state index contributed by atoms with van der Waals surface area (Å²) >= 11 is 0. The van der Waals surface area contributed by atoms with Crippen molar-refractivity contribution in [2.24, 2.45) is 0 Å². The van der Waals surface area contributed by atoms with E-state index in [-0.39, 0.29) is 18.4 Å². The van der Waals surface area contributed by atoms with Crippen LogP contribution in [0.25, 0.3) is 0 Å². The number of nitrogens with one attached hydrogen (secondary N) is 1. The molecule has 0 radical (unpaired) electrons. The smallest absolute Gasteiger partial charge is 0.265 e. The SMILES string of the molecule is O=C(NCCN1CCOCC1)c1cccc(CN2C(=O)COc3ccccc32)c1. The highest BCUT2D eigenvalue weighted by Gasteiger charge is 2.25. The highest BCUT2D eigenvalue weighted by molar-refractivity contribution is 5.98. The molecule has 0 aliphatic carbocycles. The predicted molar refractivity (Wildman–Crippen MR) is 109 cm³/mol. The molecule has 7 nitrogen and oxygen atoms in total. The highest BCUT2D eigenvalue weighted by atomic mass is 16.5. The minimum Gasteiger partial charge on any atom is -0.482 e. The van der Waals surface area contributed by atoms with Crippen LogP contribution < -0.4 is 15.0 Å². The monoisotopic (exact) mass is 395 g/mol. The van der Waals surface area contributed by atoms with Crippen LogP contribution in [0.2, 0.25) is 0 Å². The summed E-state index contributed by atoms with van der Waals surface area (Å²) in [6.07, 6.45) is 0. The summed E-state index contributed by atoms with van der Waals surface area (Å²) in [7, 11) is 0. The zero-order valence-corrected chi connectivity index (χ0v) is 16.3. The average molecular weight is 395 g/mol. The van der Waals surface area contributed by atoms with Crippen molar-refractivity contribution < 1.29 is 19.1 Å². The Morgan fingerprint density at radius 2 is 1.90 bits per heavy atom. The summed E-state index contributed by atoms with van der Waals surface area (Å²) in [5.41, 5.74) is 2.25. The van der Waals surface area contributed by atoms with Crippen LogP contribution in [-0.2, 0) is 16.1 Å². The van der Waals surface area contributed by atoms with Crippen LogP contribution in [0.1, 0.15) is 15.9 Å². The number of carbonyl (C=O) groups is 2. The van der Waals surface area contributed by atoms with Gasteiger partial charge in [0.25, 0.3) is 11.8 Å². The molecule has 4 rings (SSSR count). The third-order valence-corrected chi connectivity index (χ3v) is 5.16. The summed E-state index contributed by atoms with van der Waals surface area (Å²) in [4.78, 5) is 28.9. The van der Waals surface area contributed by atoms with Gasteiger partial charge in [-0.25, -0.2) is 0 Å². The Bertz CT molecular complexity index is 880. The van der Waals surface area contributed by atoms with Gasteiger partial charge in [0.05, 0.1) is 25.4 Å². The average Bonchev–Trinajstić information content (AvgIpc) is 2.77. The van der Waals surface area contributed by atoms with Crippen LogP contribution in [0.5, 0.6) is 5.75 Å². The zero-order valence-electron chi connectivity index (χ0n) is 16.3. The Balaban J connectivity index is 1.38. The van der Waals surface area contributed by atoms with Crippen molar-refractivity contribution in [2.75, 3.05) is 50.9 Å². The maximum Gasteiger partial charge on any atom is 0.265 e. The number of morpholine rings is 1. The lowest BCUT2D eigenvalue weighted by atomic mass is 10.1. The quantitative estimate of drug-likeness (QED) is 0.806. The molecule has 2 aliphatic heterocycles. The van der Waals surface area contributed by atoms with E-state index >= 15 is 0 Å². The minimum atomic E-state index is -0.103. The molecule has 1 saturated heterocycles. The number of ether oxygens (including phenoxy) is 2. The van der Waals surface area contributed by atoms with Gasteiger partial charge in [-0.3, -0.25) is 14.5 Å². The van der Waals surface area contributed by atoms with Crippen molar-refractivity contribution in [3.63, 3.8) is 0 Å². The fourth-order valence-electron chi connectivity index (χ4n) is 3.58. The van der Waals surface area contributed by atoms with Crippen molar-refractivity contribution >= 4 is 17.5 Å². The second kappa shape index (κ2) is 9.07. The van der Waals surface area contributed by atoms with E-state index in [2.05, 4.69) is 10.2 Å². The van der Waals surface area contributed by atoms with E-state index in [1.807, 2.05) is 42.5 Å². The van der Waals surface area contributed by atoms with E-state index in [0.717, 1.165) is 44.1 Å². The molecule has 7 heteroatoms. The molecule has 0 atom stereocenters. The molecule has 152 valence electrons. The van der Waals surface area contributed by atoms with Gasteiger partial charge in [-0.05, 0) is 29.8 Å². The molecule has 0 aromatic heterocycles. The van der Waals surface area contributed by atoms with E-state index < -0.39 is 0 Å². The van der Waals surface area contributed by atoms with Crippen LogP contribution in [0, 0.1) is 0 Å². The standard InChI is InChI=1S/C22H25N3O4/c26-21-16-29-20-7-2-1-6-19(20)25(21)15-17-4-3-5-18(14-17)22(27)23-8-9-24-10-12-28-13-11-24/h1-7,14H,8-13,15-16H2,(H,23,27). The normalized spacial score (nSPS) is 16.8. The number of benzene rings is 2. The fraction of sp³-hybridized carbons (Fsp3) is 0.364. The molecule has 2 aromatic carbocycles. The van der Waals surface area contributed by atoms with Gasteiger partial charge in [0.15, 0.2) is 6.61 Å². The Morgan fingerprint density at radius 1 is 1.07 bits per heavy atom. The van der Waals surface area contributed by atoms with E-state index in [1.54, 1.807) is 11.0 Å². The molecule has 2 amide bonds. The molecule has 0 spiro atoms. The molecular formula is C22H25N3O4. The van der Waals surface area contributed by atoms with Gasteiger partial charge >= 0.3 is 0 Å². The van der Waals surface area contributed by atoms with Crippen LogP contribution in [0.15, 0.2) is 48.5 Å². The number of para-hydroxylation sites is 2. The number of hydrogen-bond donors (Lipinski definition) is 1. The first-order valence-electron chi connectivity index (χ1n) is 9.90. The van der Waals surface area contributed by atoms with Gasteiger partial charge in [0.1, 0.15) is 5.75 Å². The lowest BCUT2D eigenvalue weighted by Gasteiger charge is -2.29. The third-order valence-electron chi connectivity index (χ3n) is 5.16. The van der Waals surface area contributed by atoms with Crippen molar-refractivity contribution in [1.29, 1.82) is 0 Å². The lowest BCUT2D eigenvalue weighted by molar-refractivity contribution is -0.121. The van der Waals surface area contributed by atoms with E-state index in [9.17, 15) is 9.59 Å². The van der Waals surface area contributed by atoms with Crippen molar-refractivity contribution in [3.05, 3.63) is 59.7 Å². The number of rotatable bonds is 6. The lowest BCUT2D eigenvalue weighted by Crippen LogP contribution is -2.41. The van der Waals surface area contributed by atoms with Crippen LogP contribution in [-0.4, -0.2) is 62.7 Å². The zero-order chi connectivity index (χ0) is 20.1. The summed E-state index contributed by atoms with van der Waals surface area (Å²) < 4.78 is 10.8. The molecule has 0 bridgehead atoms. The van der Waals surface area contributed by atoms with Crippen LogP contribution in [0.3, 0.4) is 0 Å². The molecule has 1 fully saturated rings. The second-order valence-electron chi connectivity index (χ2n) is 7.15. The van der Waals surface area contributed by atoms with Gasteiger partial charge in [-0.1, -0.05) is 24.3 Å². The first kappa shape index (κ1) is 19.4. The molecule has 0 saturated carbocycles. The van der Waals surface area contributed by atoms with E-state index in [4.69, 9.17) is 9.47 Å². The van der Waals surface area contributed by atoms with Gasteiger partial charge in [0.2, 0.25) is 0 Å². The van der Waals surface area contributed by atoms with Gasteiger partial charge in [-0.2, -0.15) is 0 Å². The minimum absolute atomic E-state index is 0.0265. The first-order chi connectivity index (χ1) is 14.2. The first-order valence-corrected chi connectivity index (χ1v) is 9.90. The molecule has 2 aromatic rings. The van der Waals surface area contributed by atoms with Gasteiger partial charge in [-0.15, -0.1) is 0 Å². The van der Waals surface area contributed by atoms with E-state index in [1.165, 1.54) is 0 Å². The third kappa shape index (κ3) is 4.75. The maximum absolute atomic E-state index is 12.5. The molecule has 2 heterocycles. The Morgan fingerprint density at radius 3 is 2.76 bits per heavy atom. The van der Waals surface area contributed by atoms with Crippen molar-refractivity contribution in [1.82, 2.24) is 10.2 Å². The van der Waals surface area contributed by atoms with Crippen molar-refractivity contribution in [3.8, 4) is 5.75 Å². The Kier molecular flexibility index (Phi) is 6.07. The number of fused-ring (bicyclic) bond motifs is 1. The fourth-order valence-corrected chi connectivity index (χ4v) is 3.58. The number of anilines is 1. The van der Waals surface area contributed by atoms with Crippen molar-refractivity contribution in [2.45, 2.75) is 6.54 Å². The molecule has 0 unspecified atom stereocenters. The van der Waals surface area contributed by atoms with Gasteiger partial charge < -0.3 is 19.7 Å². The Hall–Kier alpha value is -2.90. The largest absolute Gasteiger partial charge is 0.482 e. The summed E-state index contributed by atoms with van der Waals surface area (Å²) in [6.45, 7) is 5.14. The Labute approximate surface area is 170 Å². The highest BCUT2D eigenvalue weighted by Crippen LogP contribution is 2.32. The van der Waals surface area contributed by atoms with Crippen LogP contribution in [0.4, 0.5) is 5.69 Å². The molecule has 2 aliphatic rings. The number of nitrogens with zero attached hydrogens (tertiary/aromatic N) is 2. The second-order valence-corrected chi connectivity index (χ2v) is 7.15. The maximum atomic E-state index is 12.5. The number of amides is 2. The summed E-state index contributed by atoms with van der Waals surface area (Å²) in [6, 6.07) is 14.9. The summed E-state index contributed by atoms with van der Waals surface area (Å²) in [5.74, 6) is 0.502. The van der Waals surface area contributed by atoms with Gasteiger partial charge in [0, 0.05) is 31.7 Å². The van der Waals surface area contributed by atoms with Crippen LogP contribution >= 0.6 is 0 Å². The van der Waals surface area contributed by atoms with E-state index in [0.29, 0.717) is 24.4 Å². The summed E-state index contributed by atoms with van der Waals surface area (Å²) in [5, 5.41) is 2.98. The molecule has 29 heavy (non-hydrogen) atoms. The topological polar surface area (TPSA) is 71.1 Å². The number of hydrogen-bond acceptors (Lipinski definition) is 5. The number of carbonyl (C=O) groups excluding carboxylic acids is 2.